The number of hydrogen-bond donors (Lipinski definition) is 1. The molecule has 0 unspecified atom stereocenters. The number of nitrogens with one attached hydrogen (secondary N) is 1. The zero-order valence-electron chi connectivity index (χ0n) is 17.4. The van der Waals surface area contributed by atoms with E-state index in [9.17, 15) is 13.2 Å². The van der Waals surface area contributed by atoms with Gasteiger partial charge in [-0.15, -0.1) is 0 Å². The Labute approximate surface area is 196 Å². The molecule has 4 aromatic rings. The molecule has 0 fully saturated rings. The predicted octanol–water partition coefficient (Wildman–Crippen LogP) is 4.73. The Morgan fingerprint density at radius 3 is 2.42 bits per heavy atom. The number of pyridine rings is 1. The van der Waals surface area contributed by atoms with Crippen molar-refractivity contribution in [3.63, 3.8) is 0 Å². The molecule has 0 radical (unpaired) electrons. The van der Waals surface area contributed by atoms with Crippen LogP contribution in [0.1, 0.15) is 15.9 Å². The normalized spacial score (nSPS) is 11.8. The summed E-state index contributed by atoms with van der Waals surface area (Å²) in [5, 5.41) is 0.407. The molecule has 1 N–H and O–H groups in total. The molecule has 4 rings (SSSR count). The summed E-state index contributed by atoms with van der Waals surface area (Å²) in [4.78, 5) is 17.1. The summed E-state index contributed by atoms with van der Waals surface area (Å²) in [7, 11) is -3.92. The van der Waals surface area contributed by atoms with E-state index in [0.717, 1.165) is 5.56 Å². The number of halogens is 1. The molecular formula is C25H20ClN3O3S. The second-order valence-electron chi connectivity index (χ2n) is 7.23. The highest BCUT2D eigenvalue weighted by molar-refractivity contribution is 7.92. The molecule has 1 amide bonds. The molecule has 3 aromatic carbocycles. The SMILES string of the molecule is O=C(N=c1ccccn1Cc1ccccc1)c1cccc(S(=O)(=O)Nc2cccc(Cl)c2)c1. The number of nitrogens with zero attached hydrogens (tertiary/aromatic N) is 2. The topological polar surface area (TPSA) is 80.5 Å². The molecule has 166 valence electrons. The molecule has 0 saturated heterocycles. The number of anilines is 1. The second-order valence-corrected chi connectivity index (χ2v) is 9.35. The van der Waals surface area contributed by atoms with E-state index in [1.165, 1.54) is 30.3 Å². The largest absolute Gasteiger partial charge is 0.328 e. The van der Waals surface area contributed by atoms with Gasteiger partial charge < -0.3 is 4.57 Å². The van der Waals surface area contributed by atoms with Crippen LogP contribution in [0.4, 0.5) is 5.69 Å². The van der Waals surface area contributed by atoms with Gasteiger partial charge in [-0.1, -0.05) is 60.1 Å². The standard InChI is InChI=1S/C25H20ClN3O3S/c26-21-11-7-12-22(17-21)28-33(31,32)23-13-6-10-20(16-23)25(30)27-24-14-4-5-15-29(24)18-19-8-2-1-3-9-19/h1-17,28H,18H2. The third-order valence-electron chi connectivity index (χ3n) is 4.80. The van der Waals surface area contributed by atoms with E-state index in [2.05, 4.69) is 9.71 Å². The molecule has 33 heavy (non-hydrogen) atoms. The summed E-state index contributed by atoms with van der Waals surface area (Å²) in [6.07, 6.45) is 1.84. The maximum Gasteiger partial charge on any atom is 0.278 e. The Kier molecular flexibility index (Phi) is 6.72. The summed E-state index contributed by atoms with van der Waals surface area (Å²) in [6.45, 7) is 0.547. The molecule has 0 aliphatic heterocycles. The summed E-state index contributed by atoms with van der Waals surface area (Å²) in [5.41, 5.74) is 2.03. The van der Waals surface area contributed by atoms with Crippen LogP contribution in [0.2, 0.25) is 5.02 Å². The van der Waals surface area contributed by atoms with Crippen molar-refractivity contribution in [2.45, 2.75) is 11.4 Å². The molecule has 8 heteroatoms. The zero-order valence-corrected chi connectivity index (χ0v) is 19.0. The molecule has 6 nitrogen and oxygen atoms in total. The predicted molar refractivity (Wildman–Crippen MR) is 129 cm³/mol. The van der Waals surface area contributed by atoms with Gasteiger partial charge in [0.25, 0.3) is 15.9 Å². The van der Waals surface area contributed by atoms with Gasteiger partial charge in [0.15, 0.2) is 0 Å². The van der Waals surface area contributed by atoms with Crippen molar-refractivity contribution in [2.75, 3.05) is 4.72 Å². The van der Waals surface area contributed by atoms with Crippen molar-refractivity contribution in [1.82, 2.24) is 4.57 Å². The number of carbonyl (C=O) groups excluding carboxylic acids is 1. The van der Waals surface area contributed by atoms with Crippen molar-refractivity contribution in [1.29, 1.82) is 0 Å². The highest BCUT2D eigenvalue weighted by Crippen LogP contribution is 2.20. The third kappa shape index (κ3) is 5.77. The Balaban J connectivity index is 1.62. The fourth-order valence-corrected chi connectivity index (χ4v) is 4.50. The quantitative estimate of drug-likeness (QED) is 0.436. The van der Waals surface area contributed by atoms with Crippen LogP contribution >= 0.6 is 11.6 Å². The van der Waals surface area contributed by atoms with E-state index in [1.54, 1.807) is 30.3 Å². The highest BCUT2D eigenvalue weighted by Gasteiger charge is 2.16. The lowest BCUT2D eigenvalue weighted by Gasteiger charge is -2.09. The lowest BCUT2D eigenvalue weighted by Crippen LogP contribution is -2.22. The molecule has 0 aliphatic rings. The minimum Gasteiger partial charge on any atom is -0.328 e. The maximum absolute atomic E-state index is 12.9. The Hall–Kier alpha value is -3.68. The summed E-state index contributed by atoms with van der Waals surface area (Å²) in [6, 6.07) is 27.4. The number of sulfonamides is 1. The van der Waals surface area contributed by atoms with Crippen LogP contribution in [-0.2, 0) is 16.6 Å². The van der Waals surface area contributed by atoms with Gasteiger partial charge in [-0.2, -0.15) is 4.99 Å². The first kappa shape index (κ1) is 22.5. The number of hydrogen-bond acceptors (Lipinski definition) is 3. The summed E-state index contributed by atoms with van der Waals surface area (Å²) < 4.78 is 29.9. The average Bonchev–Trinajstić information content (AvgIpc) is 2.81. The van der Waals surface area contributed by atoms with E-state index in [4.69, 9.17) is 11.6 Å². The first-order valence-electron chi connectivity index (χ1n) is 10.1. The van der Waals surface area contributed by atoms with Gasteiger partial charge in [0.05, 0.1) is 10.6 Å². The van der Waals surface area contributed by atoms with E-state index in [1.807, 2.05) is 47.2 Å². The molecule has 0 bridgehead atoms. The smallest absolute Gasteiger partial charge is 0.278 e. The molecule has 1 heterocycles. The van der Waals surface area contributed by atoms with Gasteiger partial charge in [-0.3, -0.25) is 9.52 Å². The van der Waals surface area contributed by atoms with E-state index in [-0.39, 0.29) is 10.5 Å². The Morgan fingerprint density at radius 2 is 1.64 bits per heavy atom. The Bertz CT molecular complexity index is 1470. The second kappa shape index (κ2) is 9.85. The van der Waals surface area contributed by atoms with Crippen LogP contribution in [0.3, 0.4) is 0 Å². The van der Waals surface area contributed by atoms with Gasteiger partial charge in [0.1, 0.15) is 5.49 Å². The number of rotatable bonds is 6. The lowest BCUT2D eigenvalue weighted by molar-refractivity contribution is 0.0997. The minimum absolute atomic E-state index is 0.0475. The molecular weight excluding hydrogens is 458 g/mol. The number of carbonyl (C=O) groups is 1. The zero-order chi connectivity index (χ0) is 23.3. The van der Waals surface area contributed by atoms with Crippen molar-refractivity contribution < 1.29 is 13.2 Å². The van der Waals surface area contributed by atoms with Crippen molar-refractivity contribution in [2.24, 2.45) is 4.99 Å². The fourth-order valence-electron chi connectivity index (χ4n) is 3.21. The van der Waals surface area contributed by atoms with Gasteiger partial charge in [-0.25, -0.2) is 8.42 Å². The molecule has 0 aliphatic carbocycles. The van der Waals surface area contributed by atoms with Crippen LogP contribution in [0.25, 0.3) is 0 Å². The van der Waals surface area contributed by atoms with E-state index in [0.29, 0.717) is 22.7 Å². The Morgan fingerprint density at radius 1 is 0.879 bits per heavy atom. The number of aromatic nitrogens is 1. The minimum atomic E-state index is -3.92. The van der Waals surface area contributed by atoms with Gasteiger partial charge >= 0.3 is 0 Å². The van der Waals surface area contributed by atoms with Gasteiger partial charge in [-0.05, 0) is 54.1 Å². The lowest BCUT2D eigenvalue weighted by atomic mass is 10.2. The van der Waals surface area contributed by atoms with Crippen LogP contribution in [0.15, 0.2) is 113 Å². The van der Waals surface area contributed by atoms with Crippen LogP contribution in [0, 0.1) is 0 Å². The van der Waals surface area contributed by atoms with Crippen molar-refractivity contribution in [3.05, 3.63) is 125 Å². The van der Waals surface area contributed by atoms with Gasteiger partial charge in [0, 0.05) is 23.3 Å². The third-order valence-corrected chi connectivity index (χ3v) is 6.41. The van der Waals surface area contributed by atoms with Crippen molar-refractivity contribution >= 4 is 33.2 Å². The van der Waals surface area contributed by atoms with Crippen molar-refractivity contribution in [3.8, 4) is 0 Å². The molecule has 1 aromatic heterocycles. The van der Waals surface area contributed by atoms with E-state index >= 15 is 0 Å². The summed E-state index contributed by atoms with van der Waals surface area (Å²) >= 11 is 5.93. The number of amides is 1. The first-order chi connectivity index (χ1) is 15.9. The fraction of sp³-hybridized carbons (Fsp3) is 0.0400. The van der Waals surface area contributed by atoms with Gasteiger partial charge in [0.2, 0.25) is 0 Å². The molecule has 0 spiro atoms. The van der Waals surface area contributed by atoms with Crippen LogP contribution < -0.4 is 10.2 Å². The maximum atomic E-state index is 12.9. The van der Waals surface area contributed by atoms with E-state index < -0.39 is 15.9 Å². The molecule has 0 saturated carbocycles. The average molecular weight is 478 g/mol. The highest BCUT2D eigenvalue weighted by atomic mass is 35.5. The first-order valence-corrected chi connectivity index (χ1v) is 11.9. The van der Waals surface area contributed by atoms with Crippen LogP contribution in [0.5, 0.6) is 0 Å². The monoisotopic (exact) mass is 477 g/mol. The number of benzene rings is 3. The summed E-state index contributed by atoms with van der Waals surface area (Å²) in [5.74, 6) is -0.539. The molecule has 0 atom stereocenters. The van der Waals surface area contributed by atoms with Crippen LogP contribution in [-0.4, -0.2) is 18.9 Å².